The van der Waals surface area contributed by atoms with Crippen molar-refractivity contribution in [1.29, 1.82) is 0 Å². The monoisotopic (exact) mass is 579 g/mol. The van der Waals surface area contributed by atoms with Crippen molar-refractivity contribution in [3.8, 4) is 17.2 Å². The van der Waals surface area contributed by atoms with Gasteiger partial charge in [-0.05, 0) is 49.7 Å². The lowest BCUT2D eigenvalue weighted by atomic mass is 9.92. The number of halogens is 3. The highest BCUT2D eigenvalue weighted by molar-refractivity contribution is 6.00. The van der Waals surface area contributed by atoms with E-state index in [2.05, 4.69) is 31.0 Å². The molecule has 0 fully saturated rings. The lowest BCUT2D eigenvalue weighted by Crippen LogP contribution is -2.23. The number of anilines is 3. The number of nitrogens with one attached hydrogen (secondary N) is 3. The Morgan fingerprint density at radius 3 is 2.50 bits per heavy atom. The summed E-state index contributed by atoms with van der Waals surface area (Å²) in [5.41, 5.74) is 0.679. The molecule has 1 aromatic carbocycles. The fourth-order valence-corrected chi connectivity index (χ4v) is 4.30. The molecule has 3 amide bonds. The number of urea groups is 1. The van der Waals surface area contributed by atoms with Crippen LogP contribution in [0.25, 0.3) is 5.69 Å². The average molecular weight is 580 g/mol. The van der Waals surface area contributed by atoms with Crippen LogP contribution in [0, 0.1) is 6.92 Å². The summed E-state index contributed by atoms with van der Waals surface area (Å²) in [6.07, 6.45) is -1.28. The maximum Gasteiger partial charge on any atom is 0.418 e. The van der Waals surface area contributed by atoms with Gasteiger partial charge >= 0.3 is 12.2 Å². The van der Waals surface area contributed by atoms with Gasteiger partial charge in [0, 0.05) is 35.4 Å². The Hall–Kier alpha value is -4.94. The number of pyridine rings is 2. The molecule has 1 aliphatic heterocycles. The second kappa shape index (κ2) is 10.8. The van der Waals surface area contributed by atoms with Crippen molar-refractivity contribution in [3.05, 3.63) is 77.4 Å². The molecule has 3 N–H and O–H groups in total. The van der Waals surface area contributed by atoms with Crippen LogP contribution >= 0.6 is 0 Å². The van der Waals surface area contributed by atoms with Crippen molar-refractivity contribution in [3.63, 3.8) is 0 Å². The van der Waals surface area contributed by atoms with Crippen molar-refractivity contribution in [2.45, 2.75) is 52.1 Å². The molecular formula is C29H28F3N7O3. The van der Waals surface area contributed by atoms with Crippen LogP contribution in [-0.2, 0) is 22.8 Å². The number of benzene rings is 1. The highest BCUT2D eigenvalue weighted by Gasteiger charge is 2.35. The maximum absolute atomic E-state index is 14.1. The summed E-state index contributed by atoms with van der Waals surface area (Å²) in [6.45, 7) is 7.69. The topological polar surface area (TPSA) is 123 Å². The molecule has 42 heavy (non-hydrogen) atoms. The van der Waals surface area contributed by atoms with E-state index >= 15 is 0 Å². The third-order valence-electron chi connectivity index (χ3n) is 6.50. The second-order valence-electron chi connectivity index (χ2n) is 10.8. The highest BCUT2D eigenvalue weighted by Crippen LogP contribution is 2.39. The Kier molecular flexibility index (Phi) is 7.35. The summed E-state index contributed by atoms with van der Waals surface area (Å²) in [5, 5.41) is 12.1. The van der Waals surface area contributed by atoms with Crippen LogP contribution in [0.15, 0.2) is 54.9 Å². The van der Waals surface area contributed by atoms with Crippen LogP contribution in [0.2, 0.25) is 0 Å². The average Bonchev–Trinajstić information content (AvgIpc) is 3.33. The minimum Gasteiger partial charge on any atom is -0.457 e. The van der Waals surface area contributed by atoms with Crippen LogP contribution in [0.1, 0.15) is 49.7 Å². The van der Waals surface area contributed by atoms with Gasteiger partial charge < -0.3 is 15.4 Å². The quantitative estimate of drug-likeness (QED) is 0.245. The van der Waals surface area contributed by atoms with E-state index in [-0.39, 0.29) is 35.1 Å². The highest BCUT2D eigenvalue weighted by atomic mass is 19.4. The molecule has 0 bridgehead atoms. The van der Waals surface area contributed by atoms with E-state index in [1.807, 2.05) is 27.7 Å². The number of aromatic nitrogens is 4. The van der Waals surface area contributed by atoms with Gasteiger partial charge in [0.25, 0.3) is 0 Å². The summed E-state index contributed by atoms with van der Waals surface area (Å²) in [6, 6.07) is 9.10. The Balaban J connectivity index is 1.40. The van der Waals surface area contributed by atoms with Crippen LogP contribution in [-0.4, -0.2) is 31.7 Å². The predicted octanol–water partition coefficient (Wildman–Crippen LogP) is 6.61. The first-order valence-electron chi connectivity index (χ1n) is 13.1. The zero-order valence-electron chi connectivity index (χ0n) is 23.3. The molecule has 0 radical (unpaired) electrons. The van der Waals surface area contributed by atoms with Crippen LogP contribution in [0.3, 0.4) is 0 Å². The fraction of sp³-hybridized carbons (Fsp3) is 0.276. The number of hydrogen-bond donors (Lipinski definition) is 3. The number of ether oxygens (including phenoxy) is 1. The number of aryl methyl sites for hydroxylation is 1. The molecule has 4 aromatic rings. The number of rotatable bonds is 5. The summed E-state index contributed by atoms with van der Waals surface area (Å²) in [5.74, 6) is 0.544. The van der Waals surface area contributed by atoms with Crippen molar-refractivity contribution >= 4 is 29.3 Å². The Labute approximate surface area is 239 Å². The van der Waals surface area contributed by atoms with Gasteiger partial charge in [-0.3, -0.25) is 15.1 Å². The molecule has 4 heterocycles. The SMILES string of the molecule is Cc1ccc(-n2nc(C(C)(C)C)cc2NC(=O)Nc2ccc(Oc3ccnc4c3CCC(=O)N4)cc2C(F)(F)F)cn1. The molecule has 0 saturated carbocycles. The van der Waals surface area contributed by atoms with Gasteiger partial charge in [0.15, 0.2) is 0 Å². The molecule has 0 atom stereocenters. The van der Waals surface area contributed by atoms with E-state index in [0.717, 1.165) is 17.8 Å². The molecule has 0 spiro atoms. The van der Waals surface area contributed by atoms with Crippen LogP contribution in [0.4, 0.5) is 35.3 Å². The van der Waals surface area contributed by atoms with Crippen molar-refractivity contribution < 1.29 is 27.5 Å². The van der Waals surface area contributed by atoms with Gasteiger partial charge in [-0.15, -0.1) is 0 Å². The van der Waals surface area contributed by atoms with Gasteiger partial charge in [0.2, 0.25) is 5.91 Å². The standard InChI is InChI=1S/C29H28F3N7O3/c1-16-5-6-17(15-34-16)39-24(14-23(38-39)28(2,3)4)36-27(41)35-21-9-7-18(13-20(21)29(30,31)32)42-22-11-12-33-26-19(22)8-10-25(40)37-26/h5-7,9,11-15H,8,10H2,1-4H3,(H,33,37,40)(H2,35,36,41). The summed E-state index contributed by atoms with van der Waals surface area (Å²) >= 11 is 0. The lowest BCUT2D eigenvalue weighted by Gasteiger charge is -2.20. The van der Waals surface area contributed by atoms with Crippen molar-refractivity contribution in [2.75, 3.05) is 16.0 Å². The third kappa shape index (κ3) is 6.19. The predicted molar refractivity (Wildman–Crippen MR) is 150 cm³/mol. The number of alkyl halides is 3. The molecule has 5 rings (SSSR count). The molecule has 218 valence electrons. The van der Waals surface area contributed by atoms with Gasteiger partial charge in [-0.25, -0.2) is 14.5 Å². The molecule has 1 aliphatic rings. The van der Waals surface area contributed by atoms with Crippen LogP contribution in [0.5, 0.6) is 11.5 Å². The van der Waals surface area contributed by atoms with E-state index in [9.17, 15) is 22.8 Å². The molecule has 0 saturated heterocycles. The molecule has 13 heteroatoms. The number of fused-ring (bicyclic) bond motifs is 1. The second-order valence-corrected chi connectivity index (χ2v) is 10.8. The molecule has 0 unspecified atom stereocenters. The Morgan fingerprint density at radius 2 is 1.81 bits per heavy atom. The van der Waals surface area contributed by atoms with Gasteiger partial charge in [-0.2, -0.15) is 18.3 Å². The van der Waals surface area contributed by atoms with E-state index < -0.39 is 23.5 Å². The fourth-order valence-electron chi connectivity index (χ4n) is 4.30. The summed E-state index contributed by atoms with van der Waals surface area (Å²) < 4.78 is 49.6. The zero-order chi connectivity index (χ0) is 30.2. The zero-order valence-corrected chi connectivity index (χ0v) is 23.3. The minimum absolute atomic E-state index is 0.0988. The number of carbonyl (C=O) groups is 2. The number of amides is 3. The molecule has 10 nitrogen and oxygen atoms in total. The van der Waals surface area contributed by atoms with E-state index in [0.29, 0.717) is 29.2 Å². The third-order valence-corrected chi connectivity index (χ3v) is 6.50. The van der Waals surface area contributed by atoms with Gasteiger partial charge in [0.05, 0.1) is 28.8 Å². The lowest BCUT2D eigenvalue weighted by molar-refractivity contribution is -0.137. The van der Waals surface area contributed by atoms with E-state index in [1.54, 1.807) is 24.4 Å². The number of hydrogen-bond acceptors (Lipinski definition) is 6. The van der Waals surface area contributed by atoms with Crippen molar-refractivity contribution in [2.24, 2.45) is 0 Å². The summed E-state index contributed by atoms with van der Waals surface area (Å²) in [7, 11) is 0. The van der Waals surface area contributed by atoms with E-state index in [1.165, 1.54) is 23.0 Å². The van der Waals surface area contributed by atoms with Gasteiger partial charge in [0.1, 0.15) is 23.1 Å². The molecular weight excluding hydrogens is 551 g/mol. The smallest absolute Gasteiger partial charge is 0.418 e. The van der Waals surface area contributed by atoms with E-state index in [4.69, 9.17) is 4.74 Å². The molecule has 0 aliphatic carbocycles. The van der Waals surface area contributed by atoms with Crippen LogP contribution < -0.4 is 20.7 Å². The maximum atomic E-state index is 14.1. The molecule has 3 aromatic heterocycles. The number of carbonyl (C=O) groups excluding carboxylic acids is 2. The largest absolute Gasteiger partial charge is 0.457 e. The first-order valence-corrected chi connectivity index (χ1v) is 13.1. The van der Waals surface area contributed by atoms with Crippen molar-refractivity contribution in [1.82, 2.24) is 19.7 Å². The first kappa shape index (κ1) is 28.6. The number of nitrogens with zero attached hydrogens (tertiary/aromatic N) is 4. The van der Waals surface area contributed by atoms with Gasteiger partial charge in [-0.1, -0.05) is 20.8 Å². The Bertz CT molecular complexity index is 1660. The summed E-state index contributed by atoms with van der Waals surface area (Å²) in [4.78, 5) is 33.0. The Morgan fingerprint density at radius 1 is 1.02 bits per heavy atom. The normalized spacial score (nSPS) is 13.3. The first-order chi connectivity index (χ1) is 19.8. The minimum atomic E-state index is -4.80.